The van der Waals surface area contributed by atoms with E-state index in [2.05, 4.69) is 59.8 Å². The molecule has 4 aromatic rings. The normalized spacial score (nSPS) is 11.6. The largest absolute Gasteiger partial charge is 0.338 e. The lowest BCUT2D eigenvalue weighted by Gasteiger charge is -2.18. The van der Waals surface area contributed by atoms with Crippen LogP contribution in [0.3, 0.4) is 0 Å². The van der Waals surface area contributed by atoms with Crippen LogP contribution in [-0.4, -0.2) is 24.9 Å². The van der Waals surface area contributed by atoms with E-state index < -0.39 is 0 Å². The second-order valence-electron chi connectivity index (χ2n) is 8.20. The molecule has 158 valence electrons. The number of aromatic nitrogens is 5. The van der Waals surface area contributed by atoms with Gasteiger partial charge in [-0.05, 0) is 11.0 Å². The molecule has 31 heavy (non-hydrogen) atoms. The maximum absolute atomic E-state index is 5.47. The first kappa shape index (κ1) is 21.1. The molecular formula is C24H25N5OS. The predicted molar refractivity (Wildman–Crippen MR) is 124 cm³/mol. The van der Waals surface area contributed by atoms with E-state index in [4.69, 9.17) is 4.52 Å². The molecule has 0 radical (unpaired) electrons. The lowest BCUT2D eigenvalue weighted by molar-refractivity contribution is 0.391. The molecule has 0 saturated heterocycles. The smallest absolute Gasteiger partial charge is 0.237 e. The van der Waals surface area contributed by atoms with Crippen molar-refractivity contribution in [2.45, 2.75) is 43.6 Å². The van der Waals surface area contributed by atoms with E-state index in [1.54, 1.807) is 0 Å². The molecule has 0 saturated carbocycles. The highest BCUT2D eigenvalue weighted by atomic mass is 32.2. The van der Waals surface area contributed by atoms with E-state index in [0.717, 1.165) is 22.1 Å². The third-order valence-electron chi connectivity index (χ3n) is 4.86. The number of allylic oxidation sites excluding steroid dienone is 1. The van der Waals surface area contributed by atoms with E-state index in [9.17, 15) is 0 Å². The summed E-state index contributed by atoms with van der Waals surface area (Å²) in [4.78, 5) is 4.55. The second kappa shape index (κ2) is 8.89. The molecule has 0 fully saturated rings. The van der Waals surface area contributed by atoms with Gasteiger partial charge in [-0.25, -0.2) is 0 Å². The Kier molecular flexibility index (Phi) is 6.04. The number of hydrogen-bond donors (Lipinski definition) is 0. The molecule has 0 aliphatic rings. The van der Waals surface area contributed by atoms with Gasteiger partial charge in [0.25, 0.3) is 0 Å². The Morgan fingerprint density at radius 1 is 1.00 bits per heavy atom. The van der Waals surface area contributed by atoms with Crippen LogP contribution in [0.1, 0.15) is 32.2 Å². The van der Waals surface area contributed by atoms with Crippen molar-refractivity contribution in [3.63, 3.8) is 0 Å². The molecule has 7 heteroatoms. The van der Waals surface area contributed by atoms with Crippen molar-refractivity contribution in [3.8, 4) is 22.8 Å². The van der Waals surface area contributed by atoms with Crippen LogP contribution in [0.2, 0.25) is 0 Å². The fraction of sp³-hybridized carbons (Fsp3) is 0.250. The lowest BCUT2D eigenvalue weighted by Crippen LogP contribution is -2.10. The lowest BCUT2D eigenvalue weighted by atomic mass is 9.87. The summed E-state index contributed by atoms with van der Waals surface area (Å²) < 4.78 is 7.51. The van der Waals surface area contributed by atoms with Gasteiger partial charge in [0.05, 0.1) is 5.75 Å². The fourth-order valence-electron chi connectivity index (χ4n) is 3.17. The molecule has 4 rings (SSSR count). The summed E-state index contributed by atoms with van der Waals surface area (Å²) in [5, 5.41) is 13.7. The predicted octanol–water partition coefficient (Wildman–Crippen LogP) is 5.77. The third kappa shape index (κ3) is 4.77. The van der Waals surface area contributed by atoms with Gasteiger partial charge in [-0.3, -0.25) is 4.57 Å². The van der Waals surface area contributed by atoms with Crippen LogP contribution in [0.25, 0.3) is 22.8 Å². The van der Waals surface area contributed by atoms with Gasteiger partial charge >= 0.3 is 0 Å². The van der Waals surface area contributed by atoms with E-state index in [1.165, 1.54) is 17.3 Å². The third-order valence-corrected chi connectivity index (χ3v) is 5.81. The minimum absolute atomic E-state index is 0.109. The summed E-state index contributed by atoms with van der Waals surface area (Å²) in [7, 11) is 0. The van der Waals surface area contributed by atoms with Crippen LogP contribution in [-0.2, 0) is 17.7 Å². The van der Waals surface area contributed by atoms with Crippen molar-refractivity contribution >= 4 is 11.8 Å². The molecule has 2 heterocycles. The number of rotatable bonds is 7. The molecule has 0 unspecified atom stereocenters. The first-order valence-corrected chi connectivity index (χ1v) is 11.1. The first-order chi connectivity index (χ1) is 15.0. The van der Waals surface area contributed by atoms with Crippen LogP contribution in [0.4, 0.5) is 0 Å². The van der Waals surface area contributed by atoms with Gasteiger partial charge in [0.2, 0.25) is 11.7 Å². The summed E-state index contributed by atoms with van der Waals surface area (Å²) in [6.07, 6.45) is 1.84. The summed E-state index contributed by atoms with van der Waals surface area (Å²) in [5.74, 6) is 2.47. The first-order valence-electron chi connectivity index (χ1n) is 10.1. The van der Waals surface area contributed by atoms with Crippen LogP contribution in [0.15, 0.2) is 76.9 Å². The van der Waals surface area contributed by atoms with Crippen molar-refractivity contribution in [1.29, 1.82) is 0 Å². The van der Waals surface area contributed by atoms with Crippen molar-refractivity contribution in [3.05, 3.63) is 78.7 Å². The van der Waals surface area contributed by atoms with Crippen molar-refractivity contribution < 1.29 is 4.52 Å². The highest BCUT2D eigenvalue weighted by Gasteiger charge is 2.17. The molecule has 0 spiro atoms. The van der Waals surface area contributed by atoms with Crippen LogP contribution < -0.4 is 0 Å². The Morgan fingerprint density at radius 2 is 1.74 bits per heavy atom. The molecule has 0 bridgehead atoms. The fourth-order valence-corrected chi connectivity index (χ4v) is 3.95. The monoisotopic (exact) mass is 431 g/mol. The summed E-state index contributed by atoms with van der Waals surface area (Å²) >= 11 is 1.52. The zero-order valence-corrected chi connectivity index (χ0v) is 18.8. The standard InChI is InChI=1S/C24H25N5OS/c1-5-15-29-22(18-9-7-6-8-10-18)26-27-23(29)31-16-20-25-21(28-30-20)17-11-13-19(14-12-17)24(2,3)4/h5-14H,1,15-16H2,2-4H3. The van der Waals surface area contributed by atoms with E-state index in [0.29, 0.717) is 24.0 Å². The van der Waals surface area contributed by atoms with Gasteiger partial charge in [0, 0.05) is 17.7 Å². The number of thioether (sulfide) groups is 1. The molecule has 0 aliphatic heterocycles. The minimum Gasteiger partial charge on any atom is -0.338 e. The number of hydrogen-bond acceptors (Lipinski definition) is 6. The van der Waals surface area contributed by atoms with E-state index in [-0.39, 0.29) is 5.41 Å². The van der Waals surface area contributed by atoms with Gasteiger partial charge in [0.1, 0.15) is 0 Å². The zero-order chi connectivity index (χ0) is 21.8. The second-order valence-corrected chi connectivity index (χ2v) is 9.14. The highest BCUT2D eigenvalue weighted by molar-refractivity contribution is 7.98. The zero-order valence-electron chi connectivity index (χ0n) is 17.9. The highest BCUT2D eigenvalue weighted by Crippen LogP contribution is 2.28. The average Bonchev–Trinajstić information content (AvgIpc) is 3.40. The molecular weight excluding hydrogens is 406 g/mol. The summed E-state index contributed by atoms with van der Waals surface area (Å²) in [6, 6.07) is 18.3. The Labute approximate surface area is 186 Å². The van der Waals surface area contributed by atoms with Crippen molar-refractivity contribution in [1.82, 2.24) is 24.9 Å². The van der Waals surface area contributed by atoms with E-state index in [1.807, 2.05) is 53.1 Å². The van der Waals surface area contributed by atoms with Gasteiger partial charge in [-0.1, -0.05) is 98.4 Å². The van der Waals surface area contributed by atoms with Gasteiger partial charge in [-0.15, -0.1) is 16.8 Å². The van der Waals surface area contributed by atoms with Crippen LogP contribution >= 0.6 is 11.8 Å². The molecule has 6 nitrogen and oxygen atoms in total. The van der Waals surface area contributed by atoms with Gasteiger partial charge < -0.3 is 4.52 Å². The Morgan fingerprint density at radius 3 is 2.42 bits per heavy atom. The molecule has 2 aromatic carbocycles. The SMILES string of the molecule is C=CCn1c(SCc2nc(-c3ccc(C(C)(C)C)cc3)no2)nnc1-c1ccccc1. The summed E-state index contributed by atoms with van der Waals surface area (Å²) in [6.45, 7) is 11.1. The maximum atomic E-state index is 5.47. The van der Waals surface area contributed by atoms with Gasteiger partial charge in [-0.2, -0.15) is 4.98 Å². The van der Waals surface area contributed by atoms with Crippen molar-refractivity contribution in [2.75, 3.05) is 0 Å². The quantitative estimate of drug-likeness (QED) is 0.273. The molecule has 0 aliphatic carbocycles. The average molecular weight is 432 g/mol. The van der Waals surface area contributed by atoms with Crippen LogP contribution in [0.5, 0.6) is 0 Å². The molecule has 0 atom stereocenters. The maximum Gasteiger partial charge on any atom is 0.237 e. The van der Waals surface area contributed by atoms with Crippen LogP contribution in [0, 0.1) is 0 Å². The minimum atomic E-state index is 0.109. The van der Waals surface area contributed by atoms with Crippen molar-refractivity contribution in [2.24, 2.45) is 0 Å². The topological polar surface area (TPSA) is 69.6 Å². The number of nitrogens with zero attached hydrogens (tertiary/aromatic N) is 5. The Hall–Kier alpha value is -3.19. The van der Waals surface area contributed by atoms with Gasteiger partial charge in [0.15, 0.2) is 11.0 Å². The molecule has 0 amide bonds. The molecule has 2 aromatic heterocycles. The van der Waals surface area contributed by atoms with E-state index >= 15 is 0 Å². The number of benzene rings is 2. The molecule has 0 N–H and O–H groups in total. The summed E-state index contributed by atoms with van der Waals surface area (Å²) in [5.41, 5.74) is 3.33. The Balaban J connectivity index is 1.49. The Bertz CT molecular complexity index is 1160.